The molecule has 0 unspecified atom stereocenters. The van der Waals surface area contributed by atoms with Crippen LogP contribution in [0, 0.1) is 10.1 Å². The Morgan fingerprint density at radius 1 is 1.25 bits per heavy atom. The molecule has 0 atom stereocenters. The number of rotatable bonds is 7. The number of carbonyl (C=O) groups is 1. The molecule has 0 aliphatic rings. The minimum absolute atomic E-state index is 0.00279. The molecule has 2 N–H and O–H groups in total. The highest BCUT2D eigenvalue weighted by Gasteiger charge is 2.31. The van der Waals surface area contributed by atoms with Crippen molar-refractivity contribution in [2.24, 2.45) is 0 Å². The molecule has 0 heterocycles. The zero-order chi connectivity index (χ0) is 21.1. The fourth-order valence-corrected chi connectivity index (χ4v) is 2.67. The van der Waals surface area contributed by atoms with E-state index in [4.69, 9.17) is 21.4 Å². The van der Waals surface area contributed by atoms with Gasteiger partial charge in [0.2, 0.25) is 0 Å². The average molecular weight is 420 g/mol. The lowest BCUT2D eigenvalue weighted by Crippen LogP contribution is -2.07. The SMILES string of the molecule is O=C(O)c1cc(Oc2ccc(C(F)(F)F)cc2Cl)cc(CCCO)c1[N+](=O)[O-]. The van der Waals surface area contributed by atoms with Gasteiger partial charge < -0.3 is 14.9 Å². The van der Waals surface area contributed by atoms with Gasteiger partial charge >= 0.3 is 12.1 Å². The molecule has 0 aliphatic heterocycles. The van der Waals surface area contributed by atoms with Crippen LogP contribution in [0.3, 0.4) is 0 Å². The Bertz CT molecular complexity index is 916. The molecule has 28 heavy (non-hydrogen) atoms. The number of nitro groups is 1. The van der Waals surface area contributed by atoms with E-state index in [9.17, 15) is 33.2 Å². The third-order valence-corrected chi connectivity index (χ3v) is 3.96. The van der Waals surface area contributed by atoms with Crippen molar-refractivity contribution in [2.75, 3.05) is 6.61 Å². The normalized spacial score (nSPS) is 11.3. The van der Waals surface area contributed by atoms with Gasteiger partial charge in [-0.2, -0.15) is 13.2 Å². The summed E-state index contributed by atoms with van der Waals surface area (Å²) in [5.74, 6) is -1.92. The summed E-state index contributed by atoms with van der Waals surface area (Å²) >= 11 is 5.81. The van der Waals surface area contributed by atoms with Crippen molar-refractivity contribution in [3.8, 4) is 11.5 Å². The van der Waals surface area contributed by atoms with Crippen LogP contribution in [0.1, 0.15) is 27.9 Å². The lowest BCUT2D eigenvalue weighted by Gasteiger charge is -2.13. The summed E-state index contributed by atoms with van der Waals surface area (Å²) in [6.07, 6.45) is -4.49. The number of nitrogens with zero attached hydrogens (tertiary/aromatic N) is 1. The Hall–Kier alpha value is -2.85. The van der Waals surface area contributed by atoms with Crippen LogP contribution < -0.4 is 4.74 Å². The van der Waals surface area contributed by atoms with E-state index in [1.54, 1.807) is 0 Å². The Morgan fingerprint density at radius 2 is 1.93 bits per heavy atom. The predicted octanol–water partition coefficient (Wildman–Crippen LogP) is 4.68. The number of aryl methyl sites for hydroxylation is 1. The number of hydrogen-bond donors (Lipinski definition) is 2. The highest BCUT2D eigenvalue weighted by Crippen LogP contribution is 2.38. The number of aliphatic hydroxyl groups excluding tert-OH is 1. The molecule has 0 aliphatic carbocycles. The van der Waals surface area contributed by atoms with Crippen LogP contribution in [-0.2, 0) is 12.6 Å². The van der Waals surface area contributed by atoms with Crippen LogP contribution in [0.4, 0.5) is 18.9 Å². The largest absolute Gasteiger partial charge is 0.477 e. The molecule has 2 rings (SSSR count). The van der Waals surface area contributed by atoms with Gasteiger partial charge in [0.15, 0.2) is 0 Å². The molecular formula is C17H13ClF3NO6. The molecule has 0 fully saturated rings. The standard InChI is InChI=1S/C17H13ClF3NO6/c18-13-7-10(17(19,20)21)3-4-14(13)28-11-6-9(2-1-5-23)15(22(26)27)12(8-11)16(24)25/h3-4,6-8,23H,1-2,5H2,(H,24,25). The summed E-state index contributed by atoms with van der Waals surface area (Å²) in [5, 5.41) is 29.1. The van der Waals surface area contributed by atoms with Crippen molar-refractivity contribution >= 4 is 23.3 Å². The second kappa shape index (κ2) is 8.44. The molecule has 0 amide bonds. The molecular weight excluding hydrogens is 407 g/mol. The first-order chi connectivity index (χ1) is 13.0. The van der Waals surface area contributed by atoms with Gasteiger partial charge in [0, 0.05) is 18.2 Å². The lowest BCUT2D eigenvalue weighted by molar-refractivity contribution is -0.385. The Balaban J connectivity index is 2.50. The number of aliphatic hydroxyl groups is 1. The van der Waals surface area contributed by atoms with Crippen LogP contribution >= 0.6 is 11.6 Å². The zero-order valence-electron chi connectivity index (χ0n) is 14.0. The topological polar surface area (TPSA) is 110 Å². The highest BCUT2D eigenvalue weighted by atomic mass is 35.5. The van der Waals surface area contributed by atoms with Crippen molar-refractivity contribution in [1.82, 2.24) is 0 Å². The van der Waals surface area contributed by atoms with Crippen LogP contribution in [-0.4, -0.2) is 27.7 Å². The number of hydrogen-bond acceptors (Lipinski definition) is 5. The van der Waals surface area contributed by atoms with Crippen LogP contribution in [0.2, 0.25) is 5.02 Å². The van der Waals surface area contributed by atoms with Crippen molar-refractivity contribution in [1.29, 1.82) is 0 Å². The summed E-state index contributed by atoms with van der Waals surface area (Å²) in [5.41, 5.74) is -2.30. The molecule has 2 aromatic rings. The second-order valence-corrected chi connectivity index (χ2v) is 6.02. The van der Waals surface area contributed by atoms with Gasteiger partial charge in [-0.1, -0.05) is 11.6 Å². The summed E-state index contributed by atoms with van der Waals surface area (Å²) in [4.78, 5) is 21.8. The Morgan fingerprint density at radius 3 is 2.43 bits per heavy atom. The molecule has 0 spiro atoms. The van der Waals surface area contributed by atoms with Gasteiger partial charge in [-0.15, -0.1) is 0 Å². The van der Waals surface area contributed by atoms with Gasteiger partial charge in [-0.3, -0.25) is 10.1 Å². The second-order valence-electron chi connectivity index (χ2n) is 5.61. The molecule has 2 aromatic carbocycles. The van der Waals surface area contributed by atoms with E-state index in [1.807, 2.05) is 0 Å². The number of alkyl halides is 3. The molecule has 0 aromatic heterocycles. The first-order valence-corrected chi connectivity index (χ1v) is 8.12. The molecule has 0 saturated carbocycles. The first kappa shape index (κ1) is 21.5. The average Bonchev–Trinajstić information content (AvgIpc) is 2.59. The summed E-state index contributed by atoms with van der Waals surface area (Å²) in [7, 11) is 0. The quantitative estimate of drug-likeness (QED) is 0.498. The van der Waals surface area contributed by atoms with E-state index < -0.39 is 33.9 Å². The van der Waals surface area contributed by atoms with E-state index in [2.05, 4.69) is 0 Å². The van der Waals surface area contributed by atoms with E-state index >= 15 is 0 Å². The number of carboxylic acid groups (broad SMARTS) is 1. The Labute approximate surface area is 161 Å². The van der Waals surface area contributed by atoms with Gasteiger partial charge in [-0.05, 0) is 37.1 Å². The predicted molar refractivity (Wildman–Crippen MR) is 92.0 cm³/mol. The van der Waals surface area contributed by atoms with Crippen molar-refractivity contribution < 1.29 is 37.8 Å². The molecule has 7 nitrogen and oxygen atoms in total. The number of carboxylic acids is 1. The monoisotopic (exact) mass is 419 g/mol. The van der Waals surface area contributed by atoms with Crippen LogP contribution in [0.25, 0.3) is 0 Å². The van der Waals surface area contributed by atoms with Crippen molar-refractivity contribution in [3.05, 3.63) is 62.2 Å². The lowest BCUT2D eigenvalue weighted by atomic mass is 10.0. The molecule has 11 heteroatoms. The van der Waals surface area contributed by atoms with Crippen molar-refractivity contribution in [3.63, 3.8) is 0 Å². The first-order valence-electron chi connectivity index (χ1n) is 7.74. The number of halogens is 4. The zero-order valence-corrected chi connectivity index (χ0v) is 14.8. The minimum Gasteiger partial charge on any atom is -0.477 e. The van der Waals surface area contributed by atoms with Crippen LogP contribution in [0.15, 0.2) is 30.3 Å². The molecule has 0 radical (unpaired) electrons. The van der Waals surface area contributed by atoms with E-state index in [1.165, 1.54) is 6.07 Å². The third-order valence-electron chi connectivity index (χ3n) is 3.67. The molecule has 0 bridgehead atoms. The van der Waals surface area contributed by atoms with E-state index in [-0.39, 0.29) is 41.5 Å². The third kappa shape index (κ3) is 4.90. The minimum atomic E-state index is -4.61. The number of nitro benzene ring substituents is 1. The van der Waals surface area contributed by atoms with Crippen molar-refractivity contribution in [2.45, 2.75) is 19.0 Å². The van der Waals surface area contributed by atoms with Gasteiger partial charge in [-0.25, -0.2) is 4.79 Å². The number of aromatic carboxylic acids is 1. The number of ether oxygens (including phenoxy) is 1. The number of benzene rings is 2. The molecule has 150 valence electrons. The fraction of sp³-hybridized carbons (Fsp3) is 0.235. The fourth-order valence-electron chi connectivity index (χ4n) is 2.45. The molecule has 0 saturated heterocycles. The van der Waals surface area contributed by atoms with Gasteiger partial charge in [0.25, 0.3) is 5.69 Å². The smallest absolute Gasteiger partial charge is 0.416 e. The van der Waals surface area contributed by atoms with Gasteiger partial charge in [0.1, 0.15) is 17.1 Å². The maximum atomic E-state index is 12.7. The van der Waals surface area contributed by atoms with Crippen LogP contribution in [0.5, 0.6) is 11.5 Å². The summed E-state index contributed by atoms with van der Waals surface area (Å²) in [6.45, 7) is -0.282. The maximum Gasteiger partial charge on any atom is 0.416 e. The van der Waals surface area contributed by atoms with E-state index in [0.717, 1.165) is 18.2 Å². The highest BCUT2D eigenvalue weighted by molar-refractivity contribution is 6.32. The summed E-state index contributed by atoms with van der Waals surface area (Å²) in [6, 6.07) is 4.41. The van der Waals surface area contributed by atoms with E-state index in [0.29, 0.717) is 6.07 Å². The van der Waals surface area contributed by atoms with Gasteiger partial charge in [0.05, 0.1) is 15.5 Å². The Kier molecular flexibility index (Phi) is 6.47. The maximum absolute atomic E-state index is 12.7. The summed E-state index contributed by atoms with van der Waals surface area (Å²) < 4.78 is 43.5.